The molecule has 176 valence electrons. The Bertz CT molecular complexity index is 1460. The van der Waals surface area contributed by atoms with Crippen LogP contribution >= 0.6 is 11.3 Å². The van der Waals surface area contributed by atoms with Gasteiger partial charge in [0.15, 0.2) is 4.96 Å². The largest absolute Gasteiger partial charge is 0.324 e. The molecule has 1 aromatic carbocycles. The summed E-state index contributed by atoms with van der Waals surface area (Å²) >= 11 is 1.74. The van der Waals surface area contributed by atoms with E-state index in [1.165, 1.54) is 11.1 Å². The Morgan fingerprint density at radius 2 is 1.89 bits per heavy atom. The van der Waals surface area contributed by atoms with E-state index in [1.807, 2.05) is 42.5 Å². The van der Waals surface area contributed by atoms with Crippen molar-refractivity contribution in [2.24, 2.45) is 0 Å². The molecule has 1 aliphatic heterocycles. The Labute approximate surface area is 206 Å². The average molecular weight is 484 g/mol. The number of amides is 1. The maximum atomic E-state index is 12.9. The molecule has 6 rings (SSSR count). The molecule has 0 bridgehead atoms. The van der Waals surface area contributed by atoms with Gasteiger partial charge in [-0.05, 0) is 23.8 Å². The molecule has 0 atom stereocenters. The van der Waals surface area contributed by atoms with E-state index in [9.17, 15) is 4.79 Å². The molecule has 0 unspecified atom stereocenters. The number of carbonyl (C=O) groups is 1. The molecule has 1 aliphatic carbocycles. The lowest BCUT2D eigenvalue weighted by molar-refractivity contribution is 0.0960. The molecule has 9 heteroatoms. The normalized spacial score (nSPS) is 16.8. The van der Waals surface area contributed by atoms with E-state index in [0.29, 0.717) is 17.6 Å². The predicted molar refractivity (Wildman–Crippen MR) is 138 cm³/mol. The summed E-state index contributed by atoms with van der Waals surface area (Å²) in [4.78, 5) is 31.4. The Kier molecular flexibility index (Phi) is 5.95. The van der Waals surface area contributed by atoms with Crippen LogP contribution < -0.4 is 10.6 Å². The number of hydrogen-bond donors (Lipinski definition) is 2. The minimum atomic E-state index is -0.271. The summed E-state index contributed by atoms with van der Waals surface area (Å²) in [6.07, 6.45) is 14.2. The van der Waals surface area contributed by atoms with Crippen molar-refractivity contribution >= 4 is 38.8 Å². The maximum absolute atomic E-state index is 12.9. The number of piperazine rings is 1. The van der Waals surface area contributed by atoms with Crippen molar-refractivity contribution in [3.8, 4) is 0 Å². The van der Waals surface area contributed by atoms with Gasteiger partial charge in [-0.3, -0.25) is 19.1 Å². The first-order valence-corrected chi connectivity index (χ1v) is 12.5. The van der Waals surface area contributed by atoms with E-state index >= 15 is 0 Å². The second-order valence-corrected chi connectivity index (χ2v) is 9.78. The van der Waals surface area contributed by atoms with E-state index in [2.05, 4.69) is 48.4 Å². The third kappa shape index (κ3) is 4.79. The molecule has 4 aromatic rings. The SMILES string of the molecule is O=C(NC1=CC=CC=C(c2cn3cc(CN4CCNCC4)sc3n2)C1)c1cnc2ccccc2n1. The summed E-state index contributed by atoms with van der Waals surface area (Å²) in [5, 5.41) is 6.40. The fourth-order valence-electron chi connectivity index (χ4n) is 4.37. The van der Waals surface area contributed by atoms with Crippen molar-refractivity contribution in [1.29, 1.82) is 0 Å². The summed E-state index contributed by atoms with van der Waals surface area (Å²) < 4.78 is 2.11. The lowest BCUT2D eigenvalue weighted by Gasteiger charge is -2.26. The molecule has 2 aliphatic rings. The number of fused-ring (bicyclic) bond motifs is 2. The second kappa shape index (κ2) is 9.53. The van der Waals surface area contributed by atoms with Crippen LogP contribution in [0.4, 0.5) is 0 Å². The second-order valence-electron chi connectivity index (χ2n) is 8.68. The zero-order valence-corrected chi connectivity index (χ0v) is 20.0. The van der Waals surface area contributed by atoms with Crippen LogP contribution in [0, 0.1) is 0 Å². The summed E-state index contributed by atoms with van der Waals surface area (Å²) in [5.41, 5.74) is 4.52. The topological polar surface area (TPSA) is 87.5 Å². The van der Waals surface area contributed by atoms with E-state index < -0.39 is 0 Å². The fourth-order valence-corrected chi connectivity index (χ4v) is 5.37. The molecular weight excluding hydrogens is 458 g/mol. The Morgan fingerprint density at radius 1 is 1.06 bits per heavy atom. The van der Waals surface area contributed by atoms with Gasteiger partial charge in [0.1, 0.15) is 5.69 Å². The summed E-state index contributed by atoms with van der Waals surface area (Å²) in [6.45, 7) is 5.22. The number of aromatic nitrogens is 4. The lowest BCUT2D eigenvalue weighted by Crippen LogP contribution is -2.42. The minimum absolute atomic E-state index is 0.271. The highest BCUT2D eigenvalue weighted by Crippen LogP contribution is 2.27. The monoisotopic (exact) mass is 483 g/mol. The van der Waals surface area contributed by atoms with Crippen molar-refractivity contribution < 1.29 is 4.79 Å². The van der Waals surface area contributed by atoms with Crippen molar-refractivity contribution in [2.45, 2.75) is 13.0 Å². The first-order valence-electron chi connectivity index (χ1n) is 11.7. The molecule has 1 amide bonds. The van der Waals surface area contributed by atoms with Gasteiger partial charge in [0.25, 0.3) is 5.91 Å². The number of para-hydroxylation sites is 2. The fraction of sp³-hybridized carbons (Fsp3) is 0.231. The predicted octanol–water partition coefficient (Wildman–Crippen LogP) is 3.40. The number of benzene rings is 1. The average Bonchev–Trinajstić information content (AvgIpc) is 3.35. The minimum Gasteiger partial charge on any atom is -0.324 e. The molecule has 8 nitrogen and oxygen atoms in total. The van der Waals surface area contributed by atoms with Gasteiger partial charge in [0.05, 0.1) is 22.9 Å². The maximum Gasteiger partial charge on any atom is 0.275 e. The summed E-state index contributed by atoms with van der Waals surface area (Å²) in [6, 6.07) is 7.52. The molecule has 4 heterocycles. The third-order valence-electron chi connectivity index (χ3n) is 6.16. The van der Waals surface area contributed by atoms with Crippen LogP contribution in [0.15, 0.2) is 72.9 Å². The van der Waals surface area contributed by atoms with Gasteiger partial charge < -0.3 is 10.6 Å². The van der Waals surface area contributed by atoms with Crippen LogP contribution in [0.3, 0.4) is 0 Å². The van der Waals surface area contributed by atoms with Gasteiger partial charge in [-0.15, -0.1) is 0 Å². The number of allylic oxidation sites excluding steroid dienone is 5. The summed E-state index contributed by atoms with van der Waals surface area (Å²) in [7, 11) is 0. The number of nitrogens with zero attached hydrogens (tertiary/aromatic N) is 5. The molecule has 0 saturated carbocycles. The zero-order chi connectivity index (χ0) is 23.6. The number of thiazole rings is 1. The van der Waals surface area contributed by atoms with Gasteiger partial charge in [-0.1, -0.05) is 41.7 Å². The molecule has 1 fully saturated rings. The van der Waals surface area contributed by atoms with Gasteiger partial charge in [0, 0.05) is 62.1 Å². The summed E-state index contributed by atoms with van der Waals surface area (Å²) in [5.74, 6) is -0.271. The molecule has 35 heavy (non-hydrogen) atoms. The molecular formula is C26H25N7OS. The number of carbonyl (C=O) groups excluding carboxylic acids is 1. The van der Waals surface area contributed by atoms with E-state index in [0.717, 1.165) is 60.2 Å². The molecule has 0 spiro atoms. The highest BCUT2D eigenvalue weighted by molar-refractivity contribution is 7.17. The molecule has 1 saturated heterocycles. The van der Waals surface area contributed by atoms with Gasteiger partial charge in [-0.2, -0.15) is 0 Å². The van der Waals surface area contributed by atoms with Crippen molar-refractivity contribution in [3.63, 3.8) is 0 Å². The molecule has 0 radical (unpaired) electrons. The van der Waals surface area contributed by atoms with Crippen LogP contribution in [-0.4, -0.2) is 56.3 Å². The molecule has 3 aromatic heterocycles. The van der Waals surface area contributed by atoms with Crippen LogP contribution in [0.2, 0.25) is 0 Å². The van der Waals surface area contributed by atoms with Crippen LogP contribution in [0.25, 0.3) is 21.6 Å². The highest BCUT2D eigenvalue weighted by Gasteiger charge is 2.17. The van der Waals surface area contributed by atoms with Crippen molar-refractivity contribution in [1.82, 2.24) is 34.9 Å². The van der Waals surface area contributed by atoms with E-state index in [1.54, 1.807) is 11.3 Å². The highest BCUT2D eigenvalue weighted by atomic mass is 32.1. The van der Waals surface area contributed by atoms with E-state index in [-0.39, 0.29) is 5.91 Å². The van der Waals surface area contributed by atoms with Crippen molar-refractivity contribution in [2.75, 3.05) is 26.2 Å². The Morgan fingerprint density at radius 3 is 2.74 bits per heavy atom. The zero-order valence-electron chi connectivity index (χ0n) is 19.1. The van der Waals surface area contributed by atoms with Crippen LogP contribution in [-0.2, 0) is 6.54 Å². The lowest BCUT2D eigenvalue weighted by atomic mass is 10.1. The number of rotatable bonds is 5. The van der Waals surface area contributed by atoms with Crippen molar-refractivity contribution in [3.05, 3.63) is 89.1 Å². The van der Waals surface area contributed by atoms with Gasteiger partial charge >= 0.3 is 0 Å². The smallest absolute Gasteiger partial charge is 0.275 e. The Balaban J connectivity index is 1.15. The van der Waals surface area contributed by atoms with Gasteiger partial charge in [0.2, 0.25) is 0 Å². The van der Waals surface area contributed by atoms with E-state index in [4.69, 9.17) is 4.98 Å². The first-order chi connectivity index (χ1) is 17.2. The quantitative estimate of drug-likeness (QED) is 0.453. The standard InChI is InChI=1S/C26H25N7OS/c34-25(23-14-28-21-7-3-4-8-22(21)30-23)29-19-6-2-1-5-18(13-19)24-17-33-16-20(35-26(33)31-24)15-32-11-9-27-10-12-32/h1-8,14,16-17,27H,9-13,15H2,(H,29,34). The number of hydrogen-bond acceptors (Lipinski definition) is 7. The Hall–Kier alpha value is -3.66. The van der Waals surface area contributed by atoms with Crippen LogP contribution in [0.5, 0.6) is 0 Å². The molecule has 2 N–H and O–H groups in total. The van der Waals surface area contributed by atoms with Crippen LogP contribution in [0.1, 0.15) is 27.5 Å². The van der Waals surface area contributed by atoms with Gasteiger partial charge in [-0.25, -0.2) is 9.97 Å². The first kappa shape index (κ1) is 21.8. The number of nitrogens with one attached hydrogen (secondary N) is 2. The third-order valence-corrected chi connectivity index (χ3v) is 7.15. The number of imidazole rings is 1.